The number of carbonyl (C=O) groups is 1. The summed E-state index contributed by atoms with van der Waals surface area (Å²) >= 11 is 0. The number of benzene rings is 1. The Kier molecular flexibility index (Phi) is 5.19. The fourth-order valence-electron chi connectivity index (χ4n) is 1.07. The first kappa shape index (κ1) is 11.5. The molecule has 0 radical (unpaired) electrons. The van der Waals surface area contributed by atoms with Gasteiger partial charge in [-0.25, -0.2) is 0 Å². The lowest BCUT2D eigenvalue weighted by Gasteiger charge is -2.03. The van der Waals surface area contributed by atoms with Crippen LogP contribution in [0.4, 0.5) is 0 Å². The number of hydrogen-bond acceptors (Lipinski definition) is 3. The Morgan fingerprint density at radius 1 is 1.33 bits per heavy atom. The normalized spacial score (nSPS) is 9.60. The summed E-state index contributed by atoms with van der Waals surface area (Å²) in [5, 5.41) is 0. The molecule has 0 aliphatic carbocycles. The molecule has 0 fully saturated rings. The Morgan fingerprint density at radius 3 is 2.73 bits per heavy atom. The number of hydrogen-bond donors (Lipinski definition) is 0. The summed E-state index contributed by atoms with van der Waals surface area (Å²) in [6.45, 7) is 4.17. The Morgan fingerprint density at radius 2 is 2.07 bits per heavy atom. The quantitative estimate of drug-likeness (QED) is 0.407. The third-order valence-corrected chi connectivity index (χ3v) is 1.78. The highest BCUT2D eigenvalue weighted by Gasteiger charge is 2.00. The molecule has 0 bridgehead atoms. The zero-order valence-electron chi connectivity index (χ0n) is 8.52. The van der Waals surface area contributed by atoms with Crippen LogP contribution >= 0.6 is 0 Å². The van der Waals surface area contributed by atoms with E-state index in [0.717, 1.165) is 11.8 Å². The molecule has 0 saturated heterocycles. The van der Waals surface area contributed by atoms with Gasteiger partial charge >= 0.3 is 5.97 Å². The monoisotopic (exact) mass is 206 g/mol. The van der Waals surface area contributed by atoms with E-state index in [1.54, 1.807) is 0 Å². The van der Waals surface area contributed by atoms with Crippen molar-refractivity contribution in [1.82, 2.24) is 0 Å². The summed E-state index contributed by atoms with van der Waals surface area (Å²) in [6, 6.07) is 9.80. The van der Waals surface area contributed by atoms with Crippen molar-refractivity contribution in [3.63, 3.8) is 0 Å². The molecular formula is C12H14O3. The van der Waals surface area contributed by atoms with Gasteiger partial charge < -0.3 is 9.47 Å². The third kappa shape index (κ3) is 4.98. The first-order valence-electron chi connectivity index (χ1n) is 4.75. The molecule has 3 heteroatoms. The molecule has 0 aliphatic rings. The molecule has 15 heavy (non-hydrogen) atoms. The predicted octanol–water partition coefficient (Wildman–Crippen LogP) is 2.28. The van der Waals surface area contributed by atoms with Gasteiger partial charge in [-0.05, 0) is 5.56 Å². The Bertz CT molecular complexity index is 306. The van der Waals surface area contributed by atoms with Crippen LogP contribution < -0.4 is 0 Å². The summed E-state index contributed by atoms with van der Waals surface area (Å²) in [6.07, 6.45) is 1.37. The second-order valence-electron chi connectivity index (χ2n) is 2.94. The van der Waals surface area contributed by atoms with Gasteiger partial charge in [-0.2, -0.15) is 0 Å². The molecule has 0 unspecified atom stereocenters. The molecule has 0 N–H and O–H groups in total. The van der Waals surface area contributed by atoms with Crippen LogP contribution in [0, 0.1) is 0 Å². The topological polar surface area (TPSA) is 35.5 Å². The van der Waals surface area contributed by atoms with Crippen LogP contribution in [-0.4, -0.2) is 12.6 Å². The van der Waals surface area contributed by atoms with Crippen LogP contribution in [-0.2, 0) is 20.9 Å². The lowest BCUT2D eigenvalue weighted by Crippen LogP contribution is -2.05. The van der Waals surface area contributed by atoms with Gasteiger partial charge in [-0.1, -0.05) is 36.9 Å². The fourth-order valence-corrected chi connectivity index (χ4v) is 1.07. The number of rotatable bonds is 6. The smallest absolute Gasteiger partial charge is 0.312 e. The summed E-state index contributed by atoms with van der Waals surface area (Å²) in [5.74, 6) is -0.321. The van der Waals surface area contributed by atoms with E-state index in [1.165, 1.54) is 0 Å². The van der Waals surface area contributed by atoms with Crippen molar-refractivity contribution in [3.8, 4) is 0 Å². The molecule has 1 aromatic carbocycles. The van der Waals surface area contributed by atoms with Gasteiger partial charge in [0.15, 0.2) is 0 Å². The van der Waals surface area contributed by atoms with Crippen LogP contribution in [0.2, 0.25) is 0 Å². The van der Waals surface area contributed by atoms with E-state index < -0.39 is 0 Å². The van der Waals surface area contributed by atoms with Gasteiger partial charge in [-0.15, -0.1) is 0 Å². The molecule has 80 valence electrons. The predicted molar refractivity (Wildman–Crippen MR) is 57.0 cm³/mol. The second-order valence-corrected chi connectivity index (χ2v) is 2.94. The van der Waals surface area contributed by atoms with Crippen LogP contribution in [0.15, 0.2) is 43.2 Å². The molecule has 1 aromatic rings. The van der Waals surface area contributed by atoms with Gasteiger partial charge in [0.25, 0.3) is 0 Å². The molecule has 0 aromatic heterocycles. The molecule has 3 nitrogen and oxygen atoms in total. The maximum absolute atomic E-state index is 10.9. The Balaban J connectivity index is 2.12. The van der Waals surface area contributed by atoms with Gasteiger partial charge in [0.1, 0.15) is 0 Å². The number of esters is 1. The molecule has 0 heterocycles. The third-order valence-electron chi connectivity index (χ3n) is 1.78. The largest absolute Gasteiger partial charge is 0.435 e. The summed E-state index contributed by atoms with van der Waals surface area (Å²) in [4.78, 5) is 10.9. The van der Waals surface area contributed by atoms with Gasteiger partial charge in [0, 0.05) is 0 Å². The van der Waals surface area contributed by atoms with Crippen molar-refractivity contribution in [2.45, 2.75) is 13.0 Å². The lowest BCUT2D eigenvalue weighted by atomic mass is 10.2. The van der Waals surface area contributed by atoms with E-state index in [0.29, 0.717) is 13.2 Å². The minimum Gasteiger partial charge on any atom is -0.435 e. The standard InChI is InChI=1S/C12H14O3/c1-2-15-12(13)8-9-14-10-11-6-4-3-5-7-11/h2-7H,1,8-10H2. The van der Waals surface area contributed by atoms with Gasteiger partial charge in [0.05, 0.1) is 25.9 Å². The van der Waals surface area contributed by atoms with Crippen molar-refractivity contribution in [3.05, 3.63) is 48.7 Å². The van der Waals surface area contributed by atoms with Crippen molar-refractivity contribution in [2.24, 2.45) is 0 Å². The maximum Gasteiger partial charge on any atom is 0.312 e. The molecule has 0 saturated carbocycles. The van der Waals surface area contributed by atoms with E-state index in [2.05, 4.69) is 11.3 Å². The SMILES string of the molecule is C=COC(=O)CCOCc1ccccc1. The van der Waals surface area contributed by atoms with E-state index >= 15 is 0 Å². The zero-order chi connectivity index (χ0) is 10.9. The van der Waals surface area contributed by atoms with Gasteiger partial charge in [-0.3, -0.25) is 4.79 Å². The minimum absolute atomic E-state index is 0.249. The average molecular weight is 206 g/mol. The van der Waals surface area contributed by atoms with Crippen LogP contribution in [0.1, 0.15) is 12.0 Å². The molecule has 1 rings (SSSR count). The highest BCUT2D eigenvalue weighted by Crippen LogP contribution is 2.00. The molecular weight excluding hydrogens is 192 g/mol. The van der Waals surface area contributed by atoms with E-state index in [4.69, 9.17) is 4.74 Å². The van der Waals surface area contributed by atoms with Gasteiger partial charge in [0.2, 0.25) is 0 Å². The minimum atomic E-state index is -0.321. The number of carbonyl (C=O) groups excluding carboxylic acids is 1. The maximum atomic E-state index is 10.9. The summed E-state index contributed by atoms with van der Waals surface area (Å²) in [5.41, 5.74) is 1.09. The van der Waals surface area contributed by atoms with Crippen molar-refractivity contribution in [1.29, 1.82) is 0 Å². The van der Waals surface area contributed by atoms with Crippen LogP contribution in [0.3, 0.4) is 0 Å². The number of ether oxygens (including phenoxy) is 2. The first-order chi connectivity index (χ1) is 7.33. The highest BCUT2D eigenvalue weighted by atomic mass is 16.5. The summed E-state index contributed by atoms with van der Waals surface area (Å²) < 4.78 is 9.84. The van der Waals surface area contributed by atoms with Crippen LogP contribution in [0.25, 0.3) is 0 Å². The summed E-state index contributed by atoms with van der Waals surface area (Å²) in [7, 11) is 0. The van der Waals surface area contributed by atoms with Crippen molar-refractivity contribution >= 4 is 5.97 Å². The van der Waals surface area contributed by atoms with E-state index in [-0.39, 0.29) is 12.4 Å². The molecule has 0 spiro atoms. The van der Waals surface area contributed by atoms with E-state index in [9.17, 15) is 4.79 Å². The average Bonchev–Trinajstić information content (AvgIpc) is 2.26. The Labute approximate surface area is 89.3 Å². The first-order valence-corrected chi connectivity index (χ1v) is 4.75. The van der Waals surface area contributed by atoms with Crippen molar-refractivity contribution in [2.75, 3.05) is 6.61 Å². The van der Waals surface area contributed by atoms with E-state index in [1.807, 2.05) is 30.3 Å². The van der Waals surface area contributed by atoms with Crippen molar-refractivity contribution < 1.29 is 14.3 Å². The molecule has 0 amide bonds. The van der Waals surface area contributed by atoms with Crippen LogP contribution in [0.5, 0.6) is 0 Å². The lowest BCUT2D eigenvalue weighted by molar-refractivity contribution is -0.139. The molecule has 0 atom stereocenters. The Hall–Kier alpha value is -1.61. The zero-order valence-corrected chi connectivity index (χ0v) is 8.52. The second kappa shape index (κ2) is 6.79. The fraction of sp³-hybridized carbons (Fsp3) is 0.250. The highest BCUT2D eigenvalue weighted by molar-refractivity contribution is 5.69. The molecule has 0 aliphatic heterocycles.